The Hall–Kier alpha value is -7.24. The molecule has 0 spiro atoms. The number of aromatic nitrogens is 2. The van der Waals surface area contributed by atoms with Crippen molar-refractivity contribution in [2.45, 2.75) is 84.7 Å². The molecule has 2 aliphatic heterocycles. The van der Waals surface area contributed by atoms with Gasteiger partial charge >= 0.3 is 0 Å². The summed E-state index contributed by atoms with van der Waals surface area (Å²) in [5, 5.41) is 2.44. The average Bonchev–Trinajstić information content (AvgIpc) is 3.73. The zero-order valence-corrected chi connectivity index (χ0v) is 39.4. The molecule has 9 aromatic rings. The monoisotopic (exact) mass is 860 g/mol. The maximum atomic E-state index is 7.25. The summed E-state index contributed by atoms with van der Waals surface area (Å²) in [4.78, 5) is 13.5. The molecule has 0 saturated heterocycles. The van der Waals surface area contributed by atoms with E-state index >= 15 is 0 Å². The number of fused-ring (bicyclic) bond motifs is 5. The molecule has 0 fully saturated rings. The van der Waals surface area contributed by atoms with Gasteiger partial charge in [0.15, 0.2) is 0 Å². The molecule has 0 N–H and O–H groups in total. The highest BCUT2D eigenvalue weighted by Crippen LogP contribution is 2.54. The smallest absolute Gasteiger partial charge is 0.141 e. The maximum Gasteiger partial charge on any atom is 0.141 e. The first-order valence-corrected chi connectivity index (χ1v) is 23.3. The molecule has 7 aromatic carbocycles. The van der Waals surface area contributed by atoms with E-state index in [1.54, 1.807) is 0 Å². The Morgan fingerprint density at radius 2 is 1.18 bits per heavy atom. The molecule has 0 aliphatic carbocycles. The van der Waals surface area contributed by atoms with Crippen molar-refractivity contribution >= 4 is 33.3 Å². The fourth-order valence-corrected chi connectivity index (χ4v) is 11.4. The number of hydrogen-bond donors (Lipinski definition) is 0. The Morgan fingerprint density at radius 1 is 0.545 bits per heavy atom. The van der Waals surface area contributed by atoms with Crippen molar-refractivity contribution in [2.75, 3.05) is 4.90 Å². The van der Waals surface area contributed by atoms with Gasteiger partial charge in [-0.25, -0.2) is 4.98 Å². The molecular formula is C61H56N4O. The Bertz CT molecular complexity index is 3340. The first-order chi connectivity index (χ1) is 31.8. The van der Waals surface area contributed by atoms with Crippen LogP contribution in [0.25, 0.3) is 38.8 Å². The van der Waals surface area contributed by atoms with Crippen LogP contribution in [0.1, 0.15) is 90.6 Å². The Kier molecular flexibility index (Phi) is 9.53. The highest BCUT2D eigenvalue weighted by atomic mass is 16.5. The number of benzene rings is 7. The molecule has 66 heavy (non-hydrogen) atoms. The van der Waals surface area contributed by atoms with Crippen molar-refractivity contribution in [3.05, 3.63) is 220 Å². The zero-order valence-electron chi connectivity index (χ0n) is 39.4. The van der Waals surface area contributed by atoms with Gasteiger partial charge in [-0.1, -0.05) is 141 Å². The van der Waals surface area contributed by atoms with Gasteiger partial charge in [0.25, 0.3) is 0 Å². The number of pyridine rings is 1. The molecule has 5 heteroatoms. The minimum atomic E-state index is -0.568. The lowest BCUT2D eigenvalue weighted by Gasteiger charge is -2.50. The number of hydrogen-bond acceptors (Lipinski definition) is 4. The second-order valence-electron chi connectivity index (χ2n) is 19.9. The lowest BCUT2D eigenvalue weighted by molar-refractivity contribution is 0.279. The van der Waals surface area contributed by atoms with E-state index < -0.39 is 11.1 Å². The third-order valence-corrected chi connectivity index (χ3v) is 14.9. The molecule has 5 nitrogen and oxygen atoms in total. The molecular weight excluding hydrogens is 805 g/mol. The minimum Gasteiger partial charge on any atom is -0.457 e. The van der Waals surface area contributed by atoms with E-state index in [1.165, 1.54) is 60.9 Å². The van der Waals surface area contributed by atoms with Gasteiger partial charge in [-0.05, 0) is 129 Å². The first-order valence-electron chi connectivity index (χ1n) is 23.3. The molecule has 0 saturated carbocycles. The standard InChI is InChI=1S/C61H56N4O/c1-38-31-49-48-33-41(4)53(37-52(48)64-56(49)51(32-38)59(5,6)50-29-20-30-62-58(50)64)66-47-35-45(42-23-13-10-14-24-42)34-46(36-47)57-63-60(7,8)61(9,65(57)55-39(2)21-19-22-40(55)3)54(43-25-15-11-16-26-43)44-27-17-12-18-28-44/h10-37,54H,1-9H3/t61-/m0/s1. The second-order valence-corrected chi connectivity index (χ2v) is 19.9. The quantitative estimate of drug-likeness (QED) is 0.153. The van der Waals surface area contributed by atoms with Crippen LogP contribution < -0.4 is 9.64 Å². The fraction of sp³-hybridized carbons (Fsp3) is 0.213. The molecule has 326 valence electrons. The molecule has 11 rings (SSSR count). The summed E-state index contributed by atoms with van der Waals surface area (Å²) in [6.07, 6.45) is 1.91. The molecule has 0 amide bonds. The molecule has 1 atom stereocenters. The van der Waals surface area contributed by atoms with E-state index in [0.29, 0.717) is 0 Å². The second kappa shape index (κ2) is 15.2. The SMILES string of the molecule is Cc1cc2c3c(c1)c1cc(C)c(Oc4cc(C5=NC(C)(C)[C@](C)(C(c6ccccc6)c6ccccc6)N5c5c(C)cccc5C)cc(-c5ccccc5)c4)cc1n3-c1ncccc1C2(C)C. The minimum absolute atomic E-state index is 0.0364. The highest BCUT2D eigenvalue weighted by Gasteiger charge is 2.58. The number of aliphatic imine (C=N–C) groups is 1. The van der Waals surface area contributed by atoms with Gasteiger partial charge in [-0.15, -0.1) is 0 Å². The third-order valence-electron chi connectivity index (χ3n) is 14.9. The number of rotatable bonds is 8. The largest absolute Gasteiger partial charge is 0.457 e. The first kappa shape index (κ1) is 41.5. The van der Waals surface area contributed by atoms with Gasteiger partial charge in [-0.3, -0.25) is 9.56 Å². The van der Waals surface area contributed by atoms with Crippen LogP contribution in [0.15, 0.2) is 175 Å². The summed E-state index contributed by atoms with van der Waals surface area (Å²) < 4.78 is 9.61. The topological polar surface area (TPSA) is 42.6 Å². The summed E-state index contributed by atoms with van der Waals surface area (Å²) in [5.74, 6) is 3.41. The summed E-state index contributed by atoms with van der Waals surface area (Å²) in [7, 11) is 0. The van der Waals surface area contributed by atoms with E-state index in [4.69, 9.17) is 14.7 Å². The van der Waals surface area contributed by atoms with Gasteiger partial charge in [0.05, 0.1) is 22.1 Å². The van der Waals surface area contributed by atoms with Crippen LogP contribution in [0.3, 0.4) is 0 Å². The van der Waals surface area contributed by atoms with E-state index in [1.807, 2.05) is 6.20 Å². The summed E-state index contributed by atoms with van der Waals surface area (Å²) in [6.45, 7) is 20.5. The summed E-state index contributed by atoms with van der Waals surface area (Å²) in [5.41, 5.74) is 15.1. The fourth-order valence-electron chi connectivity index (χ4n) is 11.4. The number of anilines is 1. The van der Waals surface area contributed by atoms with E-state index in [0.717, 1.165) is 50.9 Å². The van der Waals surface area contributed by atoms with Gasteiger partial charge in [0.1, 0.15) is 23.2 Å². The number of amidine groups is 1. The molecule has 2 aromatic heterocycles. The van der Waals surface area contributed by atoms with Gasteiger partial charge < -0.3 is 9.64 Å². The summed E-state index contributed by atoms with van der Waals surface area (Å²) in [6, 6.07) is 59.5. The number of ether oxygens (including phenoxy) is 1. The molecule has 4 heterocycles. The van der Waals surface area contributed by atoms with Crippen molar-refractivity contribution in [1.82, 2.24) is 9.55 Å². The van der Waals surface area contributed by atoms with E-state index in [2.05, 4.69) is 236 Å². The normalized spacial score (nSPS) is 17.1. The van der Waals surface area contributed by atoms with Crippen LogP contribution in [-0.2, 0) is 5.41 Å². The average molecular weight is 861 g/mol. The van der Waals surface area contributed by atoms with Crippen LogP contribution >= 0.6 is 0 Å². The van der Waals surface area contributed by atoms with Crippen LogP contribution in [-0.4, -0.2) is 26.5 Å². The zero-order chi connectivity index (χ0) is 45.7. The molecule has 0 unspecified atom stereocenters. The van der Waals surface area contributed by atoms with Crippen molar-refractivity contribution in [1.29, 1.82) is 0 Å². The number of para-hydroxylation sites is 1. The van der Waals surface area contributed by atoms with Crippen molar-refractivity contribution in [2.24, 2.45) is 4.99 Å². The van der Waals surface area contributed by atoms with Crippen molar-refractivity contribution in [3.63, 3.8) is 0 Å². The Labute approximate surface area is 389 Å². The Morgan fingerprint density at radius 3 is 1.85 bits per heavy atom. The van der Waals surface area contributed by atoms with Crippen LogP contribution in [0, 0.1) is 27.7 Å². The van der Waals surface area contributed by atoms with Crippen molar-refractivity contribution < 1.29 is 4.74 Å². The van der Waals surface area contributed by atoms with E-state index in [-0.39, 0.29) is 11.3 Å². The molecule has 0 bridgehead atoms. The maximum absolute atomic E-state index is 7.25. The molecule has 2 aliphatic rings. The predicted molar refractivity (Wildman–Crippen MR) is 274 cm³/mol. The van der Waals surface area contributed by atoms with Crippen LogP contribution in [0.2, 0.25) is 0 Å². The Balaban J connectivity index is 1.13. The van der Waals surface area contributed by atoms with Crippen molar-refractivity contribution in [3.8, 4) is 28.4 Å². The van der Waals surface area contributed by atoms with Gasteiger partial charge in [0, 0.05) is 51.2 Å². The van der Waals surface area contributed by atoms with Gasteiger partial charge in [0.2, 0.25) is 0 Å². The molecule has 0 radical (unpaired) electrons. The lowest BCUT2D eigenvalue weighted by Crippen LogP contribution is -2.60. The highest BCUT2D eigenvalue weighted by molar-refractivity contribution is 6.15. The third kappa shape index (κ3) is 6.27. The number of aryl methyl sites for hydroxylation is 4. The number of nitrogens with zero attached hydrogens (tertiary/aromatic N) is 4. The van der Waals surface area contributed by atoms with Gasteiger partial charge in [-0.2, -0.15) is 0 Å². The van der Waals surface area contributed by atoms with Crippen LogP contribution in [0.4, 0.5) is 5.69 Å². The summed E-state index contributed by atoms with van der Waals surface area (Å²) >= 11 is 0. The van der Waals surface area contributed by atoms with Crippen LogP contribution in [0.5, 0.6) is 11.5 Å². The lowest BCUT2D eigenvalue weighted by atomic mass is 9.66. The predicted octanol–water partition coefficient (Wildman–Crippen LogP) is 15.1. The van der Waals surface area contributed by atoms with E-state index in [9.17, 15) is 0 Å².